The summed E-state index contributed by atoms with van der Waals surface area (Å²) in [5.74, 6) is -4.34. The van der Waals surface area contributed by atoms with Crippen LogP contribution >= 0.6 is 0 Å². The molecule has 1 aliphatic carbocycles. The Morgan fingerprint density at radius 2 is 1.84 bits per heavy atom. The molecule has 1 aromatic carbocycles. The summed E-state index contributed by atoms with van der Waals surface area (Å²) < 4.78 is 59.5. The number of methoxy groups -OCH3 is 1. The van der Waals surface area contributed by atoms with Gasteiger partial charge in [0.15, 0.2) is 17.5 Å². The van der Waals surface area contributed by atoms with Crippen molar-refractivity contribution in [1.29, 1.82) is 0 Å². The van der Waals surface area contributed by atoms with Gasteiger partial charge in [-0.25, -0.2) is 22.6 Å². The molecule has 208 valence electrons. The predicted octanol–water partition coefficient (Wildman–Crippen LogP) is 2.58. The Balaban J connectivity index is 1.36. The van der Waals surface area contributed by atoms with Gasteiger partial charge in [0, 0.05) is 25.1 Å². The average Bonchev–Trinajstić information content (AvgIpc) is 3.54. The Labute approximate surface area is 217 Å². The molecule has 0 spiro atoms. The second kappa shape index (κ2) is 11.2. The van der Waals surface area contributed by atoms with Crippen LogP contribution in [0.3, 0.4) is 0 Å². The number of rotatable bonds is 7. The quantitative estimate of drug-likeness (QED) is 0.515. The summed E-state index contributed by atoms with van der Waals surface area (Å²) in [6.07, 6.45) is 2.20. The van der Waals surface area contributed by atoms with E-state index in [0.29, 0.717) is 6.54 Å². The molecule has 6 atom stereocenters. The molecule has 2 aliphatic heterocycles. The number of hydrogen-bond donors (Lipinski definition) is 2. The standard InChI is InChI=1S/C25H31F3N4O6/c1-36-24-19(9-15-10-31(25(35)37-15)14-5-3-2-4-6-14)38-20(12-33)23(34)22(24)32-11-18(29-30-32)13-7-16(26)21(28)17(27)8-13/h7-8,11,14-15,19-20,22-24,33-34H,2-6,9-10,12H2,1H3/t15?,19-,20-,22+,23+,24+/m1/s1. The maximum absolute atomic E-state index is 13.8. The van der Waals surface area contributed by atoms with Gasteiger partial charge in [0.05, 0.1) is 25.5 Å². The van der Waals surface area contributed by atoms with Gasteiger partial charge in [-0.15, -0.1) is 5.10 Å². The largest absolute Gasteiger partial charge is 0.444 e. The minimum Gasteiger partial charge on any atom is -0.444 e. The van der Waals surface area contributed by atoms with Crippen molar-refractivity contribution in [2.45, 2.75) is 81.1 Å². The van der Waals surface area contributed by atoms with Gasteiger partial charge < -0.3 is 29.3 Å². The highest BCUT2D eigenvalue weighted by Crippen LogP contribution is 2.36. The van der Waals surface area contributed by atoms with Crippen LogP contribution < -0.4 is 0 Å². The second-order valence-electron chi connectivity index (χ2n) is 10.1. The van der Waals surface area contributed by atoms with E-state index in [9.17, 15) is 28.2 Å². The molecule has 10 nitrogen and oxygen atoms in total. The van der Waals surface area contributed by atoms with E-state index in [2.05, 4.69) is 10.3 Å². The third-order valence-electron chi connectivity index (χ3n) is 7.74. The van der Waals surface area contributed by atoms with Crippen molar-refractivity contribution in [3.63, 3.8) is 0 Å². The van der Waals surface area contributed by atoms with Crippen molar-refractivity contribution < 1.29 is 42.4 Å². The summed E-state index contributed by atoms with van der Waals surface area (Å²) in [6.45, 7) is -0.0921. The van der Waals surface area contributed by atoms with E-state index >= 15 is 0 Å². The predicted molar refractivity (Wildman–Crippen MR) is 125 cm³/mol. The molecular weight excluding hydrogens is 509 g/mol. The molecule has 2 aromatic rings. The highest BCUT2D eigenvalue weighted by molar-refractivity contribution is 5.70. The number of benzene rings is 1. The van der Waals surface area contributed by atoms with E-state index < -0.39 is 60.6 Å². The highest BCUT2D eigenvalue weighted by Gasteiger charge is 2.49. The van der Waals surface area contributed by atoms with Crippen LogP contribution in [0.15, 0.2) is 18.3 Å². The first kappa shape index (κ1) is 26.9. The fraction of sp³-hybridized carbons (Fsp3) is 0.640. The van der Waals surface area contributed by atoms with Crippen LogP contribution in [0.4, 0.5) is 18.0 Å². The first-order valence-corrected chi connectivity index (χ1v) is 12.8. The number of aliphatic hydroxyl groups is 2. The molecule has 13 heteroatoms. The normalized spacial score (nSPS) is 30.6. The second-order valence-corrected chi connectivity index (χ2v) is 10.1. The number of ether oxygens (including phenoxy) is 3. The fourth-order valence-corrected chi connectivity index (χ4v) is 5.83. The van der Waals surface area contributed by atoms with Gasteiger partial charge >= 0.3 is 6.09 Å². The third-order valence-corrected chi connectivity index (χ3v) is 7.74. The molecule has 3 heterocycles. The number of cyclic esters (lactones) is 1. The molecule has 1 unspecified atom stereocenters. The number of aliphatic hydroxyl groups excluding tert-OH is 2. The van der Waals surface area contributed by atoms with Gasteiger partial charge in [0.25, 0.3) is 0 Å². The van der Waals surface area contributed by atoms with Crippen LogP contribution in [0.2, 0.25) is 0 Å². The molecule has 0 bridgehead atoms. The first-order chi connectivity index (χ1) is 18.3. The minimum atomic E-state index is -1.59. The lowest BCUT2D eigenvalue weighted by atomic mass is 9.89. The molecule has 3 fully saturated rings. The van der Waals surface area contributed by atoms with Crippen molar-refractivity contribution in [3.05, 3.63) is 35.8 Å². The minimum absolute atomic E-state index is 0.0425. The maximum Gasteiger partial charge on any atom is 0.410 e. The number of hydrogen-bond acceptors (Lipinski definition) is 8. The van der Waals surface area contributed by atoms with Crippen LogP contribution in [0.5, 0.6) is 0 Å². The van der Waals surface area contributed by atoms with Crippen molar-refractivity contribution in [3.8, 4) is 11.3 Å². The van der Waals surface area contributed by atoms with Crippen LogP contribution in [-0.2, 0) is 14.2 Å². The lowest BCUT2D eigenvalue weighted by Gasteiger charge is -2.44. The Hall–Kier alpha value is -2.74. The van der Waals surface area contributed by atoms with E-state index in [-0.39, 0.29) is 29.8 Å². The lowest BCUT2D eigenvalue weighted by molar-refractivity contribution is -0.217. The molecule has 5 rings (SSSR count). The van der Waals surface area contributed by atoms with Crippen LogP contribution in [0, 0.1) is 17.5 Å². The topological polar surface area (TPSA) is 119 Å². The number of carbonyl (C=O) groups is 1. The number of nitrogens with zero attached hydrogens (tertiary/aromatic N) is 4. The monoisotopic (exact) mass is 540 g/mol. The Bertz CT molecular complexity index is 1120. The van der Waals surface area contributed by atoms with Crippen molar-refractivity contribution >= 4 is 6.09 Å². The van der Waals surface area contributed by atoms with Gasteiger partial charge in [-0.05, 0) is 25.0 Å². The summed E-state index contributed by atoms with van der Waals surface area (Å²) in [4.78, 5) is 14.4. The third kappa shape index (κ3) is 5.12. The molecule has 2 saturated heterocycles. The Morgan fingerprint density at radius 3 is 2.50 bits per heavy atom. The van der Waals surface area contributed by atoms with E-state index in [1.807, 2.05) is 0 Å². The molecule has 0 radical (unpaired) electrons. The van der Waals surface area contributed by atoms with E-state index in [4.69, 9.17) is 14.2 Å². The molecule has 1 aromatic heterocycles. The van der Waals surface area contributed by atoms with E-state index in [0.717, 1.165) is 44.2 Å². The molecule has 1 saturated carbocycles. The maximum atomic E-state index is 13.8. The van der Waals surface area contributed by atoms with Gasteiger partial charge in [0.1, 0.15) is 36.2 Å². The number of halogens is 3. The van der Waals surface area contributed by atoms with Gasteiger partial charge in [0.2, 0.25) is 0 Å². The summed E-state index contributed by atoms with van der Waals surface area (Å²) in [5, 5.41) is 28.9. The van der Waals surface area contributed by atoms with E-state index in [1.54, 1.807) is 4.90 Å². The Morgan fingerprint density at radius 1 is 1.13 bits per heavy atom. The SMILES string of the molecule is CO[C@@H]1[C@@H](n2cc(-c3cc(F)c(F)c(F)c3)nn2)[C@@H](O)[C@@H](CO)O[C@@H]1CC1CN(C2CCCCC2)C(=O)O1. The van der Waals surface area contributed by atoms with Crippen molar-refractivity contribution in [2.24, 2.45) is 0 Å². The zero-order valence-electron chi connectivity index (χ0n) is 20.9. The Kier molecular flexibility index (Phi) is 7.89. The summed E-state index contributed by atoms with van der Waals surface area (Å²) in [5.41, 5.74) is 0.000358. The number of carbonyl (C=O) groups excluding carboxylic acids is 1. The summed E-state index contributed by atoms with van der Waals surface area (Å²) in [6, 6.07) is 0.847. The van der Waals surface area contributed by atoms with Crippen LogP contribution in [-0.4, -0.2) is 93.0 Å². The summed E-state index contributed by atoms with van der Waals surface area (Å²) >= 11 is 0. The fourth-order valence-electron chi connectivity index (χ4n) is 5.83. The van der Waals surface area contributed by atoms with Gasteiger partial charge in [-0.3, -0.25) is 0 Å². The lowest BCUT2D eigenvalue weighted by Crippen LogP contribution is -2.57. The summed E-state index contributed by atoms with van der Waals surface area (Å²) in [7, 11) is 1.43. The average molecular weight is 541 g/mol. The van der Waals surface area contributed by atoms with Crippen molar-refractivity contribution in [1.82, 2.24) is 19.9 Å². The molecule has 3 aliphatic rings. The molecule has 38 heavy (non-hydrogen) atoms. The smallest absolute Gasteiger partial charge is 0.410 e. The van der Waals surface area contributed by atoms with Gasteiger partial charge in [-0.1, -0.05) is 24.5 Å². The van der Waals surface area contributed by atoms with Gasteiger partial charge in [-0.2, -0.15) is 0 Å². The number of amides is 1. The van der Waals surface area contributed by atoms with Crippen LogP contribution in [0.25, 0.3) is 11.3 Å². The zero-order valence-corrected chi connectivity index (χ0v) is 20.9. The highest BCUT2D eigenvalue weighted by atomic mass is 19.2. The van der Waals surface area contributed by atoms with Crippen molar-refractivity contribution in [2.75, 3.05) is 20.3 Å². The molecular formula is C25H31F3N4O6. The first-order valence-electron chi connectivity index (χ1n) is 12.8. The number of aromatic nitrogens is 3. The van der Waals surface area contributed by atoms with Crippen LogP contribution in [0.1, 0.15) is 44.6 Å². The molecule has 2 N–H and O–H groups in total. The van der Waals surface area contributed by atoms with E-state index in [1.165, 1.54) is 18.0 Å². The molecule has 1 amide bonds. The zero-order chi connectivity index (χ0) is 27.0.